The predicted octanol–water partition coefficient (Wildman–Crippen LogP) is 2.69. The first kappa shape index (κ1) is 15.0. The van der Waals surface area contributed by atoms with Gasteiger partial charge in [-0.25, -0.2) is 4.39 Å². The van der Waals surface area contributed by atoms with E-state index in [1.165, 1.54) is 0 Å². The lowest BCUT2D eigenvalue weighted by atomic mass is 10.1. The van der Waals surface area contributed by atoms with Gasteiger partial charge in [0, 0.05) is 32.2 Å². The van der Waals surface area contributed by atoms with E-state index in [1.807, 2.05) is 0 Å². The topological polar surface area (TPSA) is 23.6 Å². The molecule has 4 heteroatoms. The number of halogens is 1. The molecule has 0 bridgehead atoms. The molecule has 3 nitrogen and oxygen atoms in total. The molecule has 0 aromatic heterocycles. The second kappa shape index (κ2) is 6.35. The summed E-state index contributed by atoms with van der Waals surface area (Å²) >= 11 is 0. The van der Waals surface area contributed by atoms with E-state index in [9.17, 15) is 9.18 Å². The van der Waals surface area contributed by atoms with Gasteiger partial charge >= 0.3 is 0 Å². The molecule has 1 aliphatic rings. The van der Waals surface area contributed by atoms with Crippen LogP contribution in [0.25, 0.3) is 0 Å². The van der Waals surface area contributed by atoms with Gasteiger partial charge in [-0.1, -0.05) is 19.1 Å². The molecule has 110 valence electrons. The average Bonchev–Trinajstić information content (AvgIpc) is 2.48. The van der Waals surface area contributed by atoms with Crippen LogP contribution < -0.4 is 0 Å². The van der Waals surface area contributed by atoms with Crippen LogP contribution in [0.4, 0.5) is 4.39 Å². The van der Waals surface area contributed by atoms with E-state index < -0.39 is 0 Å². The first-order valence-electron chi connectivity index (χ1n) is 7.33. The highest BCUT2D eigenvalue weighted by Crippen LogP contribution is 2.16. The molecule has 0 aliphatic carbocycles. The highest BCUT2D eigenvalue weighted by molar-refractivity contribution is 5.94. The second-order valence-corrected chi connectivity index (χ2v) is 5.52. The Morgan fingerprint density at radius 2 is 1.95 bits per heavy atom. The van der Waals surface area contributed by atoms with Crippen molar-refractivity contribution in [2.75, 3.05) is 26.2 Å². The van der Waals surface area contributed by atoms with Crippen molar-refractivity contribution < 1.29 is 9.18 Å². The third-order valence-corrected chi connectivity index (χ3v) is 4.24. The normalized spacial score (nSPS) is 18.1. The van der Waals surface area contributed by atoms with E-state index in [1.54, 1.807) is 30.0 Å². The number of amides is 1. The van der Waals surface area contributed by atoms with Crippen molar-refractivity contribution in [3.8, 4) is 0 Å². The van der Waals surface area contributed by atoms with Gasteiger partial charge in [0.25, 0.3) is 5.91 Å². The summed E-state index contributed by atoms with van der Waals surface area (Å²) in [5, 5.41) is 0. The van der Waals surface area contributed by atoms with E-state index in [4.69, 9.17) is 0 Å². The zero-order valence-electron chi connectivity index (χ0n) is 12.5. The Bertz CT molecular complexity index is 481. The largest absolute Gasteiger partial charge is 0.336 e. The Hall–Kier alpha value is -1.42. The van der Waals surface area contributed by atoms with E-state index >= 15 is 0 Å². The van der Waals surface area contributed by atoms with E-state index in [2.05, 4.69) is 18.7 Å². The van der Waals surface area contributed by atoms with Gasteiger partial charge in [-0.15, -0.1) is 0 Å². The van der Waals surface area contributed by atoms with Crippen molar-refractivity contribution in [3.63, 3.8) is 0 Å². The molecule has 1 fully saturated rings. The number of carbonyl (C=O) groups excluding carboxylic acids is 1. The SMILES string of the molecule is CCC(C)N1CCN(C(=O)c2cccc(C)c2F)CC1. The van der Waals surface area contributed by atoms with Gasteiger partial charge in [0.1, 0.15) is 5.82 Å². The summed E-state index contributed by atoms with van der Waals surface area (Å²) in [6, 6.07) is 5.54. The molecule has 1 atom stereocenters. The lowest BCUT2D eigenvalue weighted by molar-refractivity contribution is 0.0575. The first-order valence-corrected chi connectivity index (χ1v) is 7.33. The van der Waals surface area contributed by atoms with Crippen LogP contribution >= 0.6 is 0 Å². The van der Waals surface area contributed by atoms with Gasteiger partial charge < -0.3 is 4.90 Å². The number of carbonyl (C=O) groups is 1. The molecule has 1 heterocycles. The standard InChI is InChI=1S/C16H23FN2O/c1-4-13(3)18-8-10-19(11-9-18)16(20)14-7-5-6-12(2)15(14)17/h5-7,13H,4,8-11H2,1-3H3. The minimum absolute atomic E-state index is 0.185. The maximum Gasteiger partial charge on any atom is 0.256 e. The zero-order valence-corrected chi connectivity index (χ0v) is 12.5. The van der Waals surface area contributed by atoms with Crippen molar-refractivity contribution in [2.45, 2.75) is 33.2 Å². The molecule has 0 saturated carbocycles. The lowest BCUT2D eigenvalue weighted by Gasteiger charge is -2.37. The molecular formula is C16H23FN2O. The number of nitrogens with zero attached hydrogens (tertiary/aromatic N) is 2. The fraction of sp³-hybridized carbons (Fsp3) is 0.562. The third-order valence-electron chi connectivity index (χ3n) is 4.24. The Morgan fingerprint density at radius 3 is 2.55 bits per heavy atom. The summed E-state index contributed by atoms with van der Waals surface area (Å²) in [7, 11) is 0. The van der Waals surface area contributed by atoms with Crippen LogP contribution in [0.3, 0.4) is 0 Å². The molecule has 1 aromatic rings. The van der Waals surface area contributed by atoms with Gasteiger partial charge in [0.2, 0.25) is 0 Å². The molecule has 20 heavy (non-hydrogen) atoms. The van der Waals surface area contributed by atoms with E-state index in [0.717, 1.165) is 19.5 Å². The van der Waals surface area contributed by atoms with Gasteiger partial charge in [-0.05, 0) is 31.9 Å². The number of piperazine rings is 1. The summed E-state index contributed by atoms with van der Waals surface area (Å²) in [6.45, 7) is 9.16. The molecule has 0 spiro atoms. The van der Waals surface area contributed by atoms with Crippen LogP contribution in [0.15, 0.2) is 18.2 Å². The lowest BCUT2D eigenvalue weighted by Crippen LogP contribution is -2.51. The first-order chi connectivity index (χ1) is 9.54. The van der Waals surface area contributed by atoms with Crippen LogP contribution in [0, 0.1) is 12.7 Å². The van der Waals surface area contributed by atoms with Crippen LogP contribution in [-0.4, -0.2) is 47.9 Å². The Morgan fingerprint density at radius 1 is 1.30 bits per heavy atom. The Balaban J connectivity index is 2.03. The zero-order chi connectivity index (χ0) is 14.7. The fourth-order valence-corrected chi connectivity index (χ4v) is 2.61. The maximum atomic E-state index is 14.0. The summed E-state index contributed by atoms with van der Waals surface area (Å²) in [5.41, 5.74) is 0.719. The number of hydrogen-bond acceptors (Lipinski definition) is 2. The molecule has 0 N–H and O–H groups in total. The third kappa shape index (κ3) is 3.01. The van der Waals surface area contributed by atoms with Crippen molar-refractivity contribution in [3.05, 3.63) is 35.1 Å². The molecule has 2 rings (SSSR count). The van der Waals surface area contributed by atoms with E-state index in [0.29, 0.717) is 24.7 Å². The molecule has 1 amide bonds. The minimum Gasteiger partial charge on any atom is -0.336 e. The van der Waals surface area contributed by atoms with Crippen molar-refractivity contribution in [1.29, 1.82) is 0 Å². The smallest absolute Gasteiger partial charge is 0.256 e. The summed E-state index contributed by atoms with van der Waals surface area (Å²) < 4.78 is 14.0. The van der Waals surface area contributed by atoms with Gasteiger partial charge in [0.15, 0.2) is 0 Å². The Labute approximate surface area is 120 Å². The maximum absolute atomic E-state index is 14.0. The van der Waals surface area contributed by atoms with Crippen LogP contribution in [-0.2, 0) is 0 Å². The van der Waals surface area contributed by atoms with Crippen LogP contribution in [0.1, 0.15) is 36.2 Å². The van der Waals surface area contributed by atoms with Crippen molar-refractivity contribution in [2.24, 2.45) is 0 Å². The molecule has 1 unspecified atom stereocenters. The number of rotatable bonds is 3. The number of aryl methyl sites for hydroxylation is 1. The molecule has 1 aliphatic heterocycles. The fourth-order valence-electron chi connectivity index (χ4n) is 2.61. The summed E-state index contributed by atoms with van der Waals surface area (Å²) in [6.07, 6.45) is 1.11. The van der Waals surface area contributed by atoms with Gasteiger partial charge in [0.05, 0.1) is 5.56 Å². The molecule has 0 radical (unpaired) electrons. The molecule has 1 aromatic carbocycles. The highest BCUT2D eigenvalue weighted by Gasteiger charge is 2.25. The molecular weight excluding hydrogens is 255 g/mol. The van der Waals surface area contributed by atoms with Gasteiger partial charge in [-0.2, -0.15) is 0 Å². The van der Waals surface area contributed by atoms with Crippen molar-refractivity contribution in [1.82, 2.24) is 9.80 Å². The number of hydrogen-bond donors (Lipinski definition) is 0. The Kier molecular flexibility index (Phi) is 4.76. The van der Waals surface area contributed by atoms with E-state index in [-0.39, 0.29) is 17.3 Å². The quantitative estimate of drug-likeness (QED) is 0.848. The monoisotopic (exact) mass is 278 g/mol. The van der Waals surface area contributed by atoms with Gasteiger partial charge in [-0.3, -0.25) is 9.69 Å². The molecule has 1 saturated heterocycles. The average molecular weight is 278 g/mol. The predicted molar refractivity (Wildman–Crippen MR) is 78.4 cm³/mol. The number of benzene rings is 1. The highest BCUT2D eigenvalue weighted by atomic mass is 19.1. The van der Waals surface area contributed by atoms with Crippen LogP contribution in [0.5, 0.6) is 0 Å². The second-order valence-electron chi connectivity index (χ2n) is 5.52. The summed E-state index contributed by atoms with van der Waals surface area (Å²) in [4.78, 5) is 16.5. The van der Waals surface area contributed by atoms with Crippen LogP contribution in [0.2, 0.25) is 0 Å². The van der Waals surface area contributed by atoms with Crippen molar-refractivity contribution >= 4 is 5.91 Å². The summed E-state index contributed by atoms with van der Waals surface area (Å²) in [5.74, 6) is -0.572. The minimum atomic E-state index is -0.387.